The number of carbonyl (C=O) groups excluding carboxylic acids is 1. The Kier molecular flexibility index (Phi) is 5.75. The average molecular weight is 389 g/mol. The van der Waals surface area contributed by atoms with Gasteiger partial charge in [-0.15, -0.1) is 11.3 Å². The highest BCUT2D eigenvalue weighted by molar-refractivity contribution is 7.10. The summed E-state index contributed by atoms with van der Waals surface area (Å²) in [6, 6.07) is 12.7. The van der Waals surface area contributed by atoms with Crippen molar-refractivity contribution in [1.82, 2.24) is 4.98 Å². The summed E-state index contributed by atoms with van der Waals surface area (Å²) in [5.41, 5.74) is 2.35. The first-order valence-corrected chi connectivity index (χ1v) is 9.07. The second kappa shape index (κ2) is 8.21. The van der Waals surface area contributed by atoms with Crippen LogP contribution in [0.2, 0.25) is 5.02 Å². The van der Waals surface area contributed by atoms with Crippen LogP contribution in [0.5, 0.6) is 11.5 Å². The number of hydrogen-bond donors (Lipinski definition) is 1. The monoisotopic (exact) mass is 388 g/mol. The van der Waals surface area contributed by atoms with Crippen molar-refractivity contribution in [3.63, 3.8) is 0 Å². The molecule has 26 heavy (non-hydrogen) atoms. The van der Waals surface area contributed by atoms with Crippen LogP contribution in [0, 0.1) is 0 Å². The number of anilines is 1. The molecule has 0 fully saturated rings. The number of ether oxygens (including phenoxy) is 2. The van der Waals surface area contributed by atoms with Gasteiger partial charge in [0.1, 0.15) is 16.5 Å². The molecule has 0 aliphatic carbocycles. The first kappa shape index (κ1) is 18.2. The molecule has 0 bridgehead atoms. The molecule has 5 nitrogen and oxygen atoms in total. The molecular weight excluding hydrogens is 372 g/mol. The number of rotatable bonds is 6. The average Bonchev–Trinajstić information content (AvgIpc) is 3.10. The number of halogens is 1. The van der Waals surface area contributed by atoms with E-state index in [1.54, 1.807) is 32.4 Å². The molecule has 0 unspecified atom stereocenters. The van der Waals surface area contributed by atoms with Crippen molar-refractivity contribution in [3.8, 4) is 22.8 Å². The van der Waals surface area contributed by atoms with Gasteiger partial charge in [-0.2, -0.15) is 0 Å². The third-order valence-corrected chi connectivity index (χ3v) is 4.79. The summed E-state index contributed by atoms with van der Waals surface area (Å²) >= 11 is 7.35. The van der Waals surface area contributed by atoms with E-state index in [1.807, 2.05) is 29.6 Å². The minimum Gasteiger partial charge on any atom is -0.497 e. The Bertz CT molecular complexity index is 909. The molecule has 134 valence electrons. The molecule has 1 N–H and O–H groups in total. The Morgan fingerprint density at radius 2 is 1.92 bits per heavy atom. The van der Waals surface area contributed by atoms with Gasteiger partial charge in [0.25, 0.3) is 0 Å². The predicted molar refractivity (Wildman–Crippen MR) is 104 cm³/mol. The normalized spacial score (nSPS) is 10.4. The van der Waals surface area contributed by atoms with Crippen molar-refractivity contribution in [2.24, 2.45) is 0 Å². The van der Waals surface area contributed by atoms with Crippen LogP contribution >= 0.6 is 22.9 Å². The minimum absolute atomic E-state index is 0.173. The van der Waals surface area contributed by atoms with Crippen molar-refractivity contribution < 1.29 is 14.3 Å². The van der Waals surface area contributed by atoms with E-state index in [-0.39, 0.29) is 12.3 Å². The fourth-order valence-electron chi connectivity index (χ4n) is 2.39. The first-order chi connectivity index (χ1) is 12.6. The SMILES string of the molecule is COc1ccc(OC)c(NC(=O)Cc2nc(-c3ccc(Cl)cc3)cs2)c1. The summed E-state index contributed by atoms with van der Waals surface area (Å²) in [7, 11) is 3.12. The van der Waals surface area contributed by atoms with Crippen LogP contribution in [0.15, 0.2) is 47.8 Å². The molecule has 0 aliphatic rings. The van der Waals surface area contributed by atoms with Crippen LogP contribution in [-0.4, -0.2) is 25.1 Å². The lowest BCUT2D eigenvalue weighted by Crippen LogP contribution is -2.15. The lowest BCUT2D eigenvalue weighted by atomic mass is 10.2. The maximum atomic E-state index is 12.4. The summed E-state index contributed by atoms with van der Waals surface area (Å²) < 4.78 is 10.5. The molecule has 3 aromatic rings. The second-order valence-electron chi connectivity index (χ2n) is 5.42. The van der Waals surface area contributed by atoms with Gasteiger partial charge < -0.3 is 14.8 Å². The van der Waals surface area contributed by atoms with Gasteiger partial charge in [-0.1, -0.05) is 23.7 Å². The predicted octanol–water partition coefficient (Wildman–Crippen LogP) is 4.66. The number of nitrogens with zero attached hydrogens (tertiary/aromatic N) is 1. The summed E-state index contributed by atoms with van der Waals surface area (Å²) in [5.74, 6) is 1.04. The van der Waals surface area contributed by atoms with Crippen molar-refractivity contribution in [1.29, 1.82) is 0 Å². The van der Waals surface area contributed by atoms with E-state index in [2.05, 4.69) is 10.3 Å². The number of carbonyl (C=O) groups is 1. The quantitative estimate of drug-likeness (QED) is 0.667. The van der Waals surface area contributed by atoms with Gasteiger partial charge in [0.15, 0.2) is 0 Å². The van der Waals surface area contributed by atoms with Crippen LogP contribution in [0.25, 0.3) is 11.3 Å². The lowest BCUT2D eigenvalue weighted by molar-refractivity contribution is -0.115. The zero-order chi connectivity index (χ0) is 18.5. The van der Waals surface area contributed by atoms with E-state index in [9.17, 15) is 4.79 Å². The van der Waals surface area contributed by atoms with E-state index in [4.69, 9.17) is 21.1 Å². The second-order valence-corrected chi connectivity index (χ2v) is 6.80. The summed E-state index contributed by atoms with van der Waals surface area (Å²) in [6.45, 7) is 0. The maximum absolute atomic E-state index is 12.4. The smallest absolute Gasteiger partial charge is 0.231 e. The zero-order valence-electron chi connectivity index (χ0n) is 14.3. The Morgan fingerprint density at radius 1 is 1.15 bits per heavy atom. The van der Waals surface area contributed by atoms with Gasteiger partial charge in [0.2, 0.25) is 5.91 Å². The molecule has 1 aromatic heterocycles. The van der Waals surface area contributed by atoms with Crippen LogP contribution in [0.1, 0.15) is 5.01 Å². The van der Waals surface area contributed by atoms with E-state index in [1.165, 1.54) is 11.3 Å². The third-order valence-electron chi connectivity index (χ3n) is 3.68. The molecule has 2 aromatic carbocycles. The number of nitrogens with one attached hydrogen (secondary N) is 1. The zero-order valence-corrected chi connectivity index (χ0v) is 15.9. The molecular formula is C19H17ClN2O3S. The fraction of sp³-hybridized carbons (Fsp3) is 0.158. The molecule has 3 rings (SSSR count). The third kappa shape index (κ3) is 4.33. The van der Waals surface area contributed by atoms with E-state index >= 15 is 0 Å². The molecule has 0 saturated heterocycles. The first-order valence-electron chi connectivity index (χ1n) is 7.81. The largest absolute Gasteiger partial charge is 0.497 e. The number of methoxy groups -OCH3 is 2. The Labute approximate surface area is 160 Å². The van der Waals surface area contributed by atoms with Crippen molar-refractivity contribution in [3.05, 3.63) is 57.9 Å². The molecule has 0 aliphatic heterocycles. The summed E-state index contributed by atoms with van der Waals surface area (Å²) in [4.78, 5) is 16.9. The van der Waals surface area contributed by atoms with E-state index in [0.717, 1.165) is 16.3 Å². The van der Waals surface area contributed by atoms with Gasteiger partial charge in [0, 0.05) is 22.0 Å². The summed E-state index contributed by atoms with van der Waals surface area (Å²) in [6.07, 6.45) is 0.179. The lowest BCUT2D eigenvalue weighted by Gasteiger charge is -2.11. The standard InChI is InChI=1S/C19H17ClN2O3S/c1-24-14-7-8-17(25-2)15(9-14)21-18(23)10-19-22-16(11-26-19)12-3-5-13(20)6-4-12/h3-9,11H,10H2,1-2H3,(H,21,23). The van der Waals surface area contributed by atoms with Gasteiger partial charge >= 0.3 is 0 Å². The highest BCUT2D eigenvalue weighted by Gasteiger charge is 2.12. The molecule has 7 heteroatoms. The molecule has 0 spiro atoms. The number of hydrogen-bond acceptors (Lipinski definition) is 5. The Morgan fingerprint density at radius 3 is 2.62 bits per heavy atom. The van der Waals surface area contributed by atoms with Crippen LogP contribution < -0.4 is 14.8 Å². The van der Waals surface area contributed by atoms with E-state index in [0.29, 0.717) is 22.2 Å². The topological polar surface area (TPSA) is 60.5 Å². The highest BCUT2D eigenvalue weighted by Crippen LogP contribution is 2.29. The van der Waals surface area contributed by atoms with Gasteiger partial charge in [0.05, 0.1) is 32.0 Å². The van der Waals surface area contributed by atoms with Crippen molar-refractivity contribution in [2.45, 2.75) is 6.42 Å². The number of benzene rings is 2. The fourth-order valence-corrected chi connectivity index (χ4v) is 3.32. The Hall–Kier alpha value is -2.57. The van der Waals surface area contributed by atoms with Crippen molar-refractivity contribution >= 4 is 34.5 Å². The number of aromatic nitrogens is 1. The van der Waals surface area contributed by atoms with Gasteiger partial charge in [-0.25, -0.2) is 4.98 Å². The maximum Gasteiger partial charge on any atom is 0.231 e. The Balaban J connectivity index is 1.70. The van der Waals surface area contributed by atoms with Crippen LogP contribution in [0.3, 0.4) is 0 Å². The highest BCUT2D eigenvalue weighted by atomic mass is 35.5. The van der Waals surface area contributed by atoms with Crippen LogP contribution in [0.4, 0.5) is 5.69 Å². The number of amides is 1. The van der Waals surface area contributed by atoms with Crippen molar-refractivity contribution in [2.75, 3.05) is 19.5 Å². The molecule has 0 radical (unpaired) electrons. The molecule has 0 saturated carbocycles. The van der Waals surface area contributed by atoms with Gasteiger partial charge in [-0.05, 0) is 24.3 Å². The van der Waals surface area contributed by atoms with Gasteiger partial charge in [-0.3, -0.25) is 4.79 Å². The number of thiazole rings is 1. The molecule has 1 heterocycles. The molecule has 1 amide bonds. The van der Waals surface area contributed by atoms with E-state index < -0.39 is 0 Å². The minimum atomic E-state index is -0.173. The van der Waals surface area contributed by atoms with Crippen LogP contribution in [-0.2, 0) is 11.2 Å². The molecule has 0 atom stereocenters. The summed E-state index contributed by atoms with van der Waals surface area (Å²) in [5, 5.41) is 6.18.